The molecule has 138 valence electrons. The summed E-state index contributed by atoms with van der Waals surface area (Å²) in [5, 5.41) is 0. The van der Waals surface area contributed by atoms with Crippen molar-refractivity contribution in [1.82, 2.24) is 0 Å². The van der Waals surface area contributed by atoms with Crippen molar-refractivity contribution in [3.63, 3.8) is 0 Å². The predicted molar refractivity (Wildman–Crippen MR) is 94.0 cm³/mol. The lowest BCUT2D eigenvalue weighted by molar-refractivity contribution is -0.148. The van der Waals surface area contributed by atoms with Crippen molar-refractivity contribution in [1.29, 1.82) is 0 Å². The lowest BCUT2D eigenvalue weighted by atomic mass is 9.58. The van der Waals surface area contributed by atoms with Crippen LogP contribution in [0.3, 0.4) is 0 Å². The molecule has 0 saturated heterocycles. The molecule has 1 fully saturated rings. The van der Waals surface area contributed by atoms with Gasteiger partial charge in [-0.15, -0.1) is 0 Å². The van der Waals surface area contributed by atoms with Crippen LogP contribution in [0.1, 0.15) is 51.0 Å². The maximum Gasteiger partial charge on any atom is 0.183 e. The first-order valence-electron chi connectivity index (χ1n) is 8.75. The molecule has 2 atom stereocenters. The zero-order valence-corrected chi connectivity index (χ0v) is 16.0. The number of ketones is 1. The number of fused-ring (bicyclic) bond motifs is 2. The first-order chi connectivity index (χ1) is 11.8. The zero-order chi connectivity index (χ0) is 18.4. The fraction of sp³-hybridized carbons (Fsp3) is 0.650. The molecule has 0 amide bonds. The summed E-state index contributed by atoms with van der Waals surface area (Å²) in [6, 6.07) is 3.95. The third kappa shape index (κ3) is 2.83. The van der Waals surface area contributed by atoms with Crippen LogP contribution in [0.4, 0.5) is 0 Å². The second-order valence-corrected chi connectivity index (χ2v) is 7.83. The quantitative estimate of drug-likeness (QED) is 0.777. The molecule has 1 aliphatic carbocycles. The largest absolute Gasteiger partial charge is 0.493 e. The summed E-state index contributed by atoms with van der Waals surface area (Å²) >= 11 is 0. The minimum atomic E-state index is -0.464. The second kappa shape index (κ2) is 6.29. The summed E-state index contributed by atoms with van der Waals surface area (Å²) in [7, 11) is 4.85. The number of ether oxygens (including phenoxy) is 4. The maximum absolute atomic E-state index is 12.5. The minimum absolute atomic E-state index is 0.122. The monoisotopic (exact) mass is 348 g/mol. The van der Waals surface area contributed by atoms with Crippen molar-refractivity contribution in [2.75, 3.05) is 21.3 Å². The minimum Gasteiger partial charge on any atom is -0.493 e. The Bertz CT molecular complexity index is 677. The number of Topliss-reactive ketones (excluding diaryl/α,β-unsaturated/α-hetero) is 1. The van der Waals surface area contributed by atoms with Gasteiger partial charge in [-0.05, 0) is 37.5 Å². The number of benzene rings is 1. The molecule has 25 heavy (non-hydrogen) atoms. The Morgan fingerprint density at radius 3 is 2.44 bits per heavy atom. The number of methoxy groups -OCH3 is 3. The highest BCUT2D eigenvalue weighted by molar-refractivity contribution is 5.86. The van der Waals surface area contributed by atoms with E-state index < -0.39 is 11.7 Å². The Kier molecular flexibility index (Phi) is 4.58. The first-order valence-corrected chi connectivity index (χ1v) is 8.75. The molecule has 0 aromatic heterocycles. The van der Waals surface area contributed by atoms with Crippen molar-refractivity contribution >= 4 is 5.78 Å². The van der Waals surface area contributed by atoms with Crippen LogP contribution in [-0.4, -0.2) is 32.7 Å². The van der Waals surface area contributed by atoms with Crippen LogP contribution in [0.2, 0.25) is 0 Å². The van der Waals surface area contributed by atoms with E-state index in [0.29, 0.717) is 18.0 Å². The van der Waals surface area contributed by atoms with Gasteiger partial charge >= 0.3 is 0 Å². The van der Waals surface area contributed by atoms with Crippen LogP contribution in [0.5, 0.6) is 11.5 Å². The molecule has 0 bridgehead atoms. The molecule has 0 spiro atoms. The van der Waals surface area contributed by atoms with Crippen LogP contribution in [0.15, 0.2) is 12.1 Å². The average molecular weight is 348 g/mol. The van der Waals surface area contributed by atoms with Gasteiger partial charge in [0.1, 0.15) is 11.4 Å². The summed E-state index contributed by atoms with van der Waals surface area (Å²) in [4.78, 5) is 12.5. The van der Waals surface area contributed by atoms with Crippen molar-refractivity contribution in [3.05, 3.63) is 23.3 Å². The molecule has 0 unspecified atom stereocenters. The van der Waals surface area contributed by atoms with E-state index in [9.17, 15) is 4.79 Å². The Hall–Kier alpha value is -1.59. The maximum atomic E-state index is 12.5. The molecule has 0 radical (unpaired) electrons. The topological polar surface area (TPSA) is 54.0 Å². The van der Waals surface area contributed by atoms with E-state index in [2.05, 4.69) is 6.92 Å². The number of carbonyl (C=O) groups is 1. The number of carbonyl (C=O) groups excluding carboxylic acids is 1. The highest BCUT2D eigenvalue weighted by atomic mass is 16.7. The molecule has 2 aliphatic rings. The second-order valence-electron chi connectivity index (χ2n) is 7.83. The van der Waals surface area contributed by atoms with Crippen molar-refractivity contribution in [2.24, 2.45) is 11.3 Å². The lowest BCUT2D eigenvalue weighted by Gasteiger charge is -2.52. The van der Waals surface area contributed by atoms with Gasteiger partial charge < -0.3 is 18.9 Å². The van der Waals surface area contributed by atoms with E-state index in [1.807, 2.05) is 26.0 Å². The van der Waals surface area contributed by atoms with E-state index in [4.69, 9.17) is 18.9 Å². The SMILES string of the molecule is COc1cc(C(OC)OC)cc2c1O[C@]1(C)CCC(=O)C(C)(C)[C@H]1C2. The van der Waals surface area contributed by atoms with Crippen LogP contribution in [0, 0.1) is 11.3 Å². The predicted octanol–water partition coefficient (Wildman–Crippen LogP) is 3.69. The van der Waals surface area contributed by atoms with Gasteiger partial charge in [0.05, 0.1) is 7.11 Å². The number of hydrogen-bond acceptors (Lipinski definition) is 5. The average Bonchev–Trinajstić information content (AvgIpc) is 2.58. The third-order valence-electron chi connectivity index (χ3n) is 6.01. The van der Waals surface area contributed by atoms with Crippen molar-refractivity contribution in [2.45, 2.75) is 51.9 Å². The third-order valence-corrected chi connectivity index (χ3v) is 6.01. The van der Waals surface area contributed by atoms with E-state index >= 15 is 0 Å². The van der Waals surface area contributed by atoms with Crippen LogP contribution >= 0.6 is 0 Å². The van der Waals surface area contributed by atoms with Gasteiger partial charge in [0, 0.05) is 37.5 Å². The fourth-order valence-corrected chi connectivity index (χ4v) is 4.47. The molecule has 1 saturated carbocycles. The fourth-order valence-electron chi connectivity index (χ4n) is 4.47. The summed E-state index contributed by atoms with van der Waals surface area (Å²) in [5.74, 6) is 1.90. The Balaban J connectivity index is 2.09. The van der Waals surface area contributed by atoms with E-state index in [-0.39, 0.29) is 11.5 Å². The molecule has 1 aliphatic heterocycles. The van der Waals surface area contributed by atoms with Crippen LogP contribution < -0.4 is 9.47 Å². The van der Waals surface area contributed by atoms with Gasteiger partial charge in [0.15, 0.2) is 17.8 Å². The summed E-state index contributed by atoms with van der Waals surface area (Å²) in [5.41, 5.74) is 1.16. The molecule has 3 rings (SSSR count). The zero-order valence-electron chi connectivity index (χ0n) is 16.0. The summed E-state index contributed by atoms with van der Waals surface area (Å²) in [6.07, 6.45) is 1.61. The molecule has 1 aromatic rings. The molecule has 1 aromatic carbocycles. The van der Waals surface area contributed by atoms with Crippen molar-refractivity contribution in [3.8, 4) is 11.5 Å². The highest BCUT2D eigenvalue weighted by Gasteiger charge is 2.55. The van der Waals surface area contributed by atoms with Gasteiger partial charge in [-0.3, -0.25) is 4.79 Å². The number of rotatable bonds is 4. The van der Waals surface area contributed by atoms with E-state index in [1.54, 1.807) is 21.3 Å². The first kappa shape index (κ1) is 18.2. The van der Waals surface area contributed by atoms with Gasteiger partial charge in [-0.2, -0.15) is 0 Å². The smallest absolute Gasteiger partial charge is 0.183 e. The molecule has 5 heteroatoms. The Morgan fingerprint density at radius 1 is 1.16 bits per heavy atom. The van der Waals surface area contributed by atoms with Gasteiger partial charge in [-0.25, -0.2) is 0 Å². The van der Waals surface area contributed by atoms with Gasteiger partial charge in [-0.1, -0.05) is 13.8 Å². The molecule has 1 heterocycles. The highest BCUT2D eigenvalue weighted by Crippen LogP contribution is 2.53. The molecule has 0 N–H and O–H groups in total. The van der Waals surface area contributed by atoms with Crippen LogP contribution in [-0.2, 0) is 20.7 Å². The summed E-state index contributed by atoms with van der Waals surface area (Å²) in [6.45, 7) is 6.20. The molecular formula is C20H28O5. The summed E-state index contributed by atoms with van der Waals surface area (Å²) < 4.78 is 22.8. The van der Waals surface area contributed by atoms with E-state index in [1.165, 1.54) is 0 Å². The molecule has 5 nitrogen and oxygen atoms in total. The van der Waals surface area contributed by atoms with Crippen LogP contribution in [0.25, 0.3) is 0 Å². The normalized spacial score (nSPS) is 27.5. The lowest BCUT2D eigenvalue weighted by Crippen LogP contribution is -2.57. The Morgan fingerprint density at radius 2 is 1.84 bits per heavy atom. The van der Waals surface area contributed by atoms with Gasteiger partial charge in [0.25, 0.3) is 0 Å². The van der Waals surface area contributed by atoms with Gasteiger partial charge in [0.2, 0.25) is 0 Å². The molecular weight excluding hydrogens is 320 g/mol. The Labute approximate surface area is 149 Å². The van der Waals surface area contributed by atoms with Crippen molar-refractivity contribution < 1.29 is 23.7 Å². The van der Waals surface area contributed by atoms with E-state index in [0.717, 1.165) is 29.7 Å². The number of hydrogen-bond donors (Lipinski definition) is 0. The standard InChI is InChI=1S/C20H28O5/c1-19(2)15-11-12-9-13(18(23-5)24-6)10-14(22-4)17(12)25-20(15,3)8-7-16(19)21/h9-10,15,18H,7-8,11H2,1-6H3/t15-,20-/m1/s1.